The van der Waals surface area contributed by atoms with E-state index in [0.29, 0.717) is 30.2 Å². The van der Waals surface area contributed by atoms with E-state index in [2.05, 4.69) is 0 Å². The van der Waals surface area contributed by atoms with Crippen molar-refractivity contribution in [3.63, 3.8) is 0 Å². The number of ether oxygens (including phenoxy) is 2. The minimum absolute atomic E-state index is 0.0169. The summed E-state index contributed by atoms with van der Waals surface area (Å²) in [6, 6.07) is 16.5. The zero-order valence-corrected chi connectivity index (χ0v) is 21.1. The van der Waals surface area contributed by atoms with Gasteiger partial charge in [-0.25, -0.2) is 21.9 Å². The predicted octanol–water partition coefficient (Wildman–Crippen LogP) is 3.73. The molecule has 0 radical (unpaired) electrons. The quantitative estimate of drug-likeness (QED) is 0.476. The van der Waals surface area contributed by atoms with Gasteiger partial charge in [-0.15, -0.1) is 0 Å². The van der Waals surface area contributed by atoms with E-state index < -0.39 is 21.9 Å². The first-order chi connectivity index (χ1) is 18.3. The van der Waals surface area contributed by atoms with Gasteiger partial charge in [0.2, 0.25) is 12.7 Å². The van der Waals surface area contributed by atoms with Crippen LogP contribution in [0.15, 0.2) is 71.6 Å². The van der Waals surface area contributed by atoms with E-state index in [1.54, 1.807) is 23.1 Å². The molecule has 0 aromatic heterocycles. The second-order valence-electron chi connectivity index (χ2n) is 9.53. The van der Waals surface area contributed by atoms with Gasteiger partial charge in [-0.2, -0.15) is 0 Å². The lowest BCUT2D eigenvalue weighted by Gasteiger charge is -2.37. The van der Waals surface area contributed by atoms with E-state index in [1.807, 2.05) is 18.2 Å². The van der Waals surface area contributed by atoms with Crippen molar-refractivity contribution in [3.8, 4) is 11.5 Å². The average molecular weight is 538 g/mol. The molecule has 0 spiro atoms. The highest BCUT2D eigenvalue weighted by atomic mass is 32.2. The molecule has 3 aliphatic heterocycles. The molecule has 1 fully saturated rings. The van der Waals surface area contributed by atoms with Crippen LogP contribution >= 0.6 is 0 Å². The smallest absolute Gasteiger partial charge is 0.338 e. The van der Waals surface area contributed by atoms with Crippen LogP contribution in [-0.4, -0.2) is 49.4 Å². The number of fused-ring (bicyclic) bond motifs is 2. The molecule has 1 saturated heterocycles. The van der Waals surface area contributed by atoms with Crippen molar-refractivity contribution < 1.29 is 31.9 Å². The van der Waals surface area contributed by atoms with Gasteiger partial charge in [0.05, 0.1) is 12.2 Å². The summed E-state index contributed by atoms with van der Waals surface area (Å²) in [6.45, 7) is 0.926. The first kappa shape index (κ1) is 24.2. The van der Waals surface area contributed by atoms with Gasteiger partial charge < -0.3 is 14.4 Å². The van der Waals surface area contributed by atoms with Crippen molar-refractivity contribution in [1.29, 1.82) is 0 Å². The number of halogens is 1. The van der Waals surface area contributed by atoms with E-state index >= 15 is 0 Å². The molecule has 3 amide bonds. The number of anilines is 1. The Labute approximate surface area is 219 Å². The number of para-hydroxylation sites is 1. The average Bonchev–Trinajstić information content (AvgIpc) is 3.51. The van der Waals surface area contributed by atoms with E-state index in [1.165, 1.54) is 35.2 Å². The molecule has 11 heteroatoms. The molecule has 3 aliphatic rings. The summed E-state index contributed by atoms with van der Waals surface area (Å²) in [5.74, 6) is 0.624. The first-order valence-electron chi connectivity index (χ1n) is 12.1. The maximum Gasteiger partial charge on any atom is 0.338 e. The van der Waals surface area contributed by atoms with Crippen molar-refractivity contribution >= 4 is 27.6 Å². The minimum Gasteiger partial charge on any atom is -0.454 e. The molecule has 0 saturated carbocycles. The maximum atomic E-state index is 13.6. The van der Waals surface area contributed by atoms with Gasteiger partial charge in [0.1, 0.15) is 10.7 Å². The second kappa shape index (κ2) is 9.32. The van der Waals surface area contributed by atoms with Gasteiger partial charge in [0, 0.05) is 32.0 Å². The van der Waals surface area contributed by atoms with Crippen LogP contribution in [0.4, 0.5) is 14.9 Å². The Bertz CT molecular complexity index is 1530. The van der Waals surface area contributed by atoms with Crippen LogP contribution in [0.5, 0.6) is 11.5 Å². The number of amides is 3. The van der Waals surface area contributed by atoms with Crippen molar-refractivity contribution in [2.75, 3.05) is 24.8 Å². The zero-order chi connectivity index (χ0) is 26.4. The van der Waals surface area contributed by atoms with Crippen molar-refractivity contribution in [2.24, 2.45) is 5.92 Å². The summed E-state index contributed by atoms with van der Waals surface area (Å²) in [7, 11) is -4.13. The van der Waals surface area contributed by atoms with Crippen LogP contribution in [0.25, 0.3) is 0 Å². The van der Waals surface area contributed by atoms with Crippen LogP contribution in [-0.2, 0) is 27.9 Å². The largest absolute Gasteiger partial charge is 0.454 e. The molecule has 6 rings (SSSR count). The van der Waals surface area contributed by atoms with E-state index in [4.69, 9.17) is 9.47 Å². The number of nitrogens with zero attached hydrogens (tertiary/aromatic N) is 3. The summed E-state index contributed by atoms with van der Waals surface area (Å²) < 4.78 is 51.7. The summed E-state index contributed by atoms with van der Waals surface area (Å²) >= 11 is 0. The Hall–Kier alpha value is -4.12. The first-order valence-corrected chi connectivity index (χ1v) is 13.6. The summed E-state index contributed by atoms with van der Waals surface area (Å²) in [5.41, 5.74) is 1.67. The molecule has 0 aliphatic carbocycles. The SMILES string of the molecule is O=C1CC(CN2C(=O)N(Cc3ccc(F)cc3)S(=O)(=O)c3ccccc32)CN1Cc1ccc2c(c1)OCO2. The topological polar surface area (TPSA) is 96.5 Å². The third kappa shape index (κ3) is 4.32. The van der Waals surface area contributed by atoms with Crippen LogP contribution < -0.4 is 14.4 Å². The molecule has 9 nitrogen and oxygen atoms in total. The van der Waals surface area contributed by atoms with Gasteiger partial charge in [-0.1, -0.05) is 30.3 Å². The highest BCUT2D eigenvalue weighted by Gasteiger charge is 2.43. The molecule has 3 aromatic carbocycles. The predicted molar refractivity (Wildman–Crippen MR) is 134 cm³/mol. The Morgan fingerprint density at radius 1 is 0.895 bits per heavy atom. The van der Waals surface area contributed by atoms with Crippen LogP contribution in [0, 0.1) is 11.7 Å². The lowest BCUT2D eigenvalue weighted by atomic mass is 10.1. The number of carbonyl (C=O) groups excluding carboxylic acids is 2. The number of carbonyl (C=O) groups is 2. The molecule has 1 atom stereocenters. The van der Waals surface area contributed by atoms with Gasteiger partial charge in [0.25, 0.3) is 10.0 Å². The second-order valence-corrected chi connectivity index (χ2v) is 11.4. The standard InChI is InChI=1S/C27H24FN3O6S/c28-21-8-5-18(6-9-21)16-31-27(33)30(22-3-1-2-4-25(22)38(31,34)35)15-20-12-26(32)29(14-20)13-19-7-10-23-24(11-19)37-17-36-23/h1-11,20H,12-17H2. The fourth-order valence-corrected chi connectivity index (χ4v) is 6.64. The molecule has 38 heavy (non-hydrogen) atoms. The normalized spacial score (nSPS) is 19.7. The fourth-order valence-electron chi connectivity index (χ4n) is 5.09. The fraction of sp³-hybridized carbons (Fsp3) is 0.259. The maximum absolute atomic E-state index is 13.6. The number of sulfonamides is 1. The van der Waals surface area contributed by atoms with Crippen molar-refractivity contribution in [3.05, 3.63) is 83.7 Å². The van der Waals surface area contributed by atoms with Crippen LogP contribution in [0.2, 0.25) is 0 Å². The van der Waals surface area contributed by atoms with Gasteiger partial charge in [-0.3, -0.25) is 9.69 Å². The number of hydrogen-bond acceptors (Lipinski definition) is 6. The number of rotatable bonds is 6. The number of benzene rings is 3. The Morgan fingerprint density at radius 3 is 2.45 bits per heavy atom. The number of urea groups is 1. The molecule has 3 aromatic rings. The number of hydrogen-bond donors (Lipinski definition) is 0. The van der Waals surface area contributed by atoms with E-state index in [0.717, 1.165) is 9.87 Å². The third-order valence-electron chi connectivity index (χ3n) is 6.95. The molecule has 196 valence electrons. The Morgan fingerprint density at radius 2 is 1.63 bits per heavy atom. The molecule has 3 heterocycles. The Balaban J connectivity index is 1.23. The van der Waals surface area contributed by atoms with Gasteiger partial charge >= 0.3 is 6.03 Å². The highest BCUT2D eigenvalue weighted by Crippen LogP contribution is 2.37. The summed E-state index contributed by atoms with van der Waals surface area (Å²) in [4.78, 5) is 29.6. The van der Waals surface area contributed by atoms with Crippen molar-refractivity contribution in [1.82, 2.24) is 9.21 Å². The van der Waals surface area contributed by atoms with Crippen molar-refractivity contribution in [2.45, 2.75) is 24.4 Å². The molecule has 0 bridgehead atoms. The van der Waals surface area contributed by atoms with E-state index in [-0.39, 0.29) is 48.7 Å². The summed E-state index contributed by atoms with van der Waals surface area (Å²) in [5, 5.41) is 0. The number of likely N-dealkylation sites (tertiary alicyclic amines) is 1. The molecular formula is C27H24FN3O6S. The van der Waals surface area contributed by atoms with E-state index in [9.17, 15) is 22.4 Å². The monoisotopic (exact) mass is 537 g/mol. The third-order valence-corrected chi connectivity index (χ3v) is 8.72. The summed E-state index contributed by atoms with van der Waals surface area (Å²) in [6.07, 6.45) is 0.237. The molecular weight excluding hydrogens is 513 g/mol. The van der Waals surface area contributed by atoms with Crippen LogP contribution in [0.3, 0.4) is 0 Å². The lowest BCUT2D eigenvalue weighted by molar-refractivity contribution is -0.128. The lowest BCUT2D eigenvalue weighted by Crippen LogP contribution is -2.51. The minimum atomic E-state index is -4.13. The van der Waals surface area contributed by atoms with Gasteiger partial charge in [0.15, 0.2) is 11.5 Å². The highest BCUT2D eigenvalue weighted by molar-refractivity contribution is 7.90. The molecule has 1 unspecified atom stereocenters. The van der Waals surface area contributed by atoms with Gasteiger partial charge in [-0.05, 0) is 47.5 Å². The van der Waals surface area contributed by atoms with Crippen LogP contribution in [0.1, 0.15) is 17.5 Å². The Kier molecular flexibility index (Phi) is 5.94. The molecule has 0 N–H and O–H groups in total. The zero-order valence-electron chi connectivity index (χ0n) is 20.2.